The molecule has 0 bridgehead atoms. The number of amides is 4. The summed E-state index contributed by atoms with van der Waals surface area (Å²) in [6.45, 7) is 6.42. The molecule has 0 aromatic carbocycles. The van der Waals surface area contributed by atoms with E-state index in [0.29, 0.717) is 12.3 Å². The van der Waals surface area contributed by atoms with Gasteiger partial charge in [-0.3, -0.25) is 24.8 Å². The lowest BCUT2D eigenvalue weighted by Crippen LogP contribution is -2.59. The van der Waals surface area contributed by atoms with Gasteiger partial charge in [0.1, 0.15) is 0 Å². The first-order chi connectivity index (χ1) is 11.0. The van der Waals surface area contributed by atoms with Crippen LogP contribution in [0.25, 0.3) is 0 Å². The van der Waals surface area contributed by atoms with Crippen molar-refractivity contribution in [2.75, 3.05) is 13.1 Å². The third-order valence-electron chi connectivity index (χ3n) is 3.47. The quantitative estimate of drug-likeness (QED) is 0.345. The predicted octanol–water partition coefficient (Wildman–Crippen LogP) is 0.615. The van der Waals surface area contributed by atoms with Gasteiger partial charge in [0.2, 0.25) is 11.8 Å². The molecule has 1 N–H and O–H groups in total. The topological polar surface area (TPSA) is 96.7 Å². The molecule has 1 aliphatic heterocycles. The second-order valence-electron chi connectivity index (χ2n) is 5.14. The maximum Gasteiger partial charge on any atom is 0.331 e. The van der Waals surface area contributed by atoms with Crippen molar-refractivity contribution >= 4 is 23.6 Å². The number of imidazole rings is 1. The largest absolute Gasteiger partial charge is 0.337 e. The van der Waals surface area contributed by atoms with E-state index in [1.807, 2.05) is 10.8 Å². The first-order valence-corrected chi connectivity index (χ1v) is 7.28. The molecule has 1 aliphatic rings. The van der Waals surface area contributed by atoms with Gasteiger partial charge in [0.25, 0.3) is 0 Å². The summed E-state index contributed by atoms with van der Waals surface area (Å²) < 4.78 is 1.92. The molecular weight excluding hydrogens is 298 g/mol. The Kier molecular flexibility index (Phi) is 5.40. The fourth-order valence-corrected chi connectivity index (χ4v) is 2.30. The van der Waals surface area contributed by atoms with Crippen LogP contribution in [-0.2, 0) is 16.1 Å². The summed E-state index contributed by atoms with van der Waals surface area (Å²) in [5, 5.41) is 2.17. The number of rotatable bonds is 7. The Balaban J connectivity index is 1.98. The molecule has 1 unspecified atom stereocenters. The molecule has 1 fully saturated rings. The van der Waals surface area contributed by atoms with Crippen molar-refractivity contribution in [3.8, 4) is 0 Å². The van der Waals surface area contributed by atoms with E-state index < -0.39 is 23.8 Å². The maximum absolute atomic E-state index is 12.3. The van der Waals surface area contributed by atoms with Crippen molar-refractivity contribution in [1.29, 1.82) is 0 Å². The number of urea groups is 1. The molecular formula is C15H19N5O3. The summed E-state index contributed by atoms with van der Waals surface area (Å²) in [7, 11) is 0. The zero-order valence-corrected chi connectivity index (χ0v) is 12.9. The molecule has 1 saturated heterocycles. The number of aromatic nitrogens is 2. The third kappa shape index (κ3) is 3.91. The second-order valence-corrected chi connectivity index (χ2v) is 5.14. The van der Waals surface area contributed by atoms with Crippen molar-refractivity contribution in [2.24, 2.45) is 10.9 Å². The van der Waals surface area contributed by atoms with Gasteiger partial charge in [-0.25, -0.2) is 9.78 Å². The number of hydrogen-bond acceptors (Lipinski definition) is 5. The Morgan fingerprint density at radius 2 is 2.26 bits per heavy atom. The van der Waals surface area contributed by atoms with Crippen LogP contribution in [-0.4, -0.2) is 51.1 Å². The average Bonchev–Trinajstić information content (AvgIpc) is 3.01. The molecule has 0 radical (unpaired) electrons. The van der Waals surface area contributed by atoms with E-state index in [-0.39, 0.29) is 6.54 Å². The molecule has 1 atom stereocenters. The van der Waals surface area contributed by atoms with Gasteiger partial charge in [0, 0.05) is 37.7 Å². The van der Waals surface area contributed by atoms with Crippen LogP contribution in [0.15, 0.2) is 36.4 Å². The van der Waals surface area contributed by atoms with Crippen LogP contribution in [0.2, 0.25) is 0 Å². The van der Waals surface area contributed by atoms with Crippen molar-refractivity contribution in [3.05, 3.63) is 31.4 Å². The third-order valence-corrected chi connectivity index (χ3v) is 3.47. The lowest BCUT2D eigenvalue weighted by molar-refractivity contribution is -0.139. The molecule has 2 heterocycles. The number of carbonyl (C=O) groups is 3. The highest BCUT2D eigenvalue weighted by molar-refractivity contribution is 6.27. The molecule has 2 rings (SSSR count). The number of aryl methyl sites for hydroxylation is 1. The van der Waals surface area contributed by atoms with Gasteiger partial charge in [-0.2, -0.15) is 0 Å². The average molecular weight is 317 g/mol. The molecule has 0 saturated carbocycles. The van der Waals surface area contributed by atoms with Gasteiger partial charge in [0.05, 0.1) is 6.33 Å². The summed E-state index contributed by atoms with van der Waals surface area (Å²) in [5.74, 6) is -2.24. The number of imide groups is 2. The normalized spacial score (nSPS) is 19.0. The number of carbonyl (C=O) groups excluding carboxylic acids is 3. The highest BCUT2D eigenvalue weighted by atomic mass is 16.2. The van der Waals surface area contributed by atoms with Crippen LogP contribution >= 0.6 is 0 Å². The minimum absolute atomic E-state index is 0.0579. The number of nitrogens with zero attached hydrogens (tertiary/aromatic N) is 4. The molecule has 0 aliphatic carbocycles. The lowest BCUT2D eigenvalue weighted by Gasteiger charge is -2.29. The Bertz CT molecular complexity index is 636. The minimum Gasteiger partial charge on any atom is -0.337 e. The fraction of sp³-hybridized carbons (Fsp3) is 0.400. The predicted molar refractivity (Wildman–Crippen MR) is 83.8 cm³/mol. The molecule has 1 aromatic rings. The van der Waals surface area contributed by atoms with E-state index >= 15 is 0 Å². The Labute approximate surface area is 133 Å². The summed E-state index contributed by atoms with van der Waals surface area (Å²) >= 11 is 0. The summed E-state index contributed by atoms with van der Waals surface area (Å²) in [6, 6.07) is -0.718. The number of aliphatic imine (C=N–C) groups is 1. The highest BCUT2D eigenvalue weighted by Crippen LogP contribution is 2.13. The van der Waals surface area contributed by atoms with Crippen LogP contribution in [0.5, 0.6) is 0 Å². The maximum atomic E-state index is 12.3. The van der Waals surface area contributed by atoms with Gasteiger partial charge in [-0.1, -0.05) is 6.08 Å². The second kappa shape index (κ2) is 7.48. The van der Waals surface area contributed by atoms with E-state index in [9.17, 15) is 14.4 Å². The van der Waals surface area contributed by atoms with E-state index in [2.05, 4.69) is 21.9 Å². The summed E-state index contributed by atoms with van der Waals surface area (Å²) in [5.41, 5.74) is 0.402. The van der Waals surface area contributed by atoms with E-state index in [1.165, 1.54) is 6.08 Å². The van der Waals surface area contributed by atoms with Gasteiger partial charge < -0.3 is 4.57 Å². The first-order valence-electron chi connectivity index (χ1n) is 7.28. The van der Waals surface area contributed by atoms with Crippen LogP contribution in [0, 0.1) is 5.92 Å². The molecule has 23 heavy (non-hydrogen) atoms. The Hall–Kier alpha value is -2.77. The van der Waals surface area contributed by atoms with Gasteiger partial charge >= 0.3 is 6.03 Å². The molecule has 4 amide bonds. The van der Waals surface area contributed by atoms with Gasteiger partial charge in [-0.15, -0.1) is 6.58 Å². The van der Waals surface area contributed by atoms with E-state index in [4.69, 9.17) is 0 Å². The van der Waals surface area contributed by atoms with Crippen LogP contribution in [0.4, 0.5) is 4.79 Å². The van der Waals surface area contributed by atoms with Gasteiger partial charge in [0.15, 0.2) is 5.92 Å². The standard InChI is InChI=1S/C15H19N5O3/c1-3-7-20-14(22)12(13(21)18-15(20)23)11(2)17-5-4-8-19-9-6-16-10-19/h3,6,9-10,12H,1,4-5,7-8H2,2H3,(H,18,21,23). The number of hydrogen-bond donors (Lipinski definition) is 1. The van der Waals surface area contributed by atoms with Crippen molar-refractivity contribution < 1.29 is 14.4 Å². The first kappa shape index (κ1) is 16.6. The van der Waals surface area contributed by atoms with E-state index in [1.54, 1.807) is 19.4 Å². The molecule has 0 spiro atoms. The van der Waals surface area contributed by atoms with Crippen molar-refractivity contribution in [1.82, 2.24) is 19.8 Å². The molecule has 8 heteroatoms. The Morgan fingerprint density at radius 1 is 1.48 bits per heavy atom. The monoisotopic (exact) mass is 317 g/mol. The minimum atomic E-state index is -1.05. The molecule has 8 nitrogen and oxygen atoms in total. The SMILES string of the molecule is C=CCN1C(=O)NC(=O)C(C(C)=NCCCn2ccnc2)C1=O. The van der Waals surface area contributed by atoms with Crippen LogP contribution in [0.3, 0.4) is 0 Å². The zero-order chi connectivity index (χ0) is 16.8. The smallest absolute Gasteiger partial charge is 0.331 e. The van der Waals surface area contributed by atoms with Gasteiger partial charge in [-0.05, 0) is 13.3 Å². The summed E-state index contributed by atoms with van der Waals surface area (Å²) in [6.07, 6.45) is 7.46. The van der Waals surface area contributed by atoms with Crippen molar-refractivity contribution in [2.45, 2.75) is 19.9 Å². The van der Waals surface area contributed by atoms with Crippen LogP contribution in [0.1, 0.15) is 13.3 Å². The Morgan fingerprint density at radius 3 is 2.91 bits per heavy atom. The van der Waals surface area contributed by atoms with Crippen molar-refractivity contribution in [3.63, 3.8) is 0 Å². The molecule has 1 aromatic heterocycles. The lowest BCUT2D eigenvalue weighted by atomic mass is 9.99. The fourth-order valence-electron chi connectivity index (χ4n) is 2.30. The zero-order valence-electron chi connectivity index (χ0n) is 12.9. The van der Waals surface area contributed by atoms with E-state index in [0.717, 1.165) is 17.9 Å². The highest BCUT2D eigenvalue weighted by Gasteiger charge is 2.41. The number of nitrogens with one attached hydrogen (secondary N) is 1. The summed E-state index contributed by atoms with van der Waals surface area (Å²) in [4.78, 5) is 45.1. The van der Waals surface area contributed by atoms with Crippen LogP contribution < -0.4 is 5.32 Å². The molecule has 122 valence electrons. The number of barbiturate groups is 1.